The zero-order chi connectivity index (χ0) is 8.97. The van der Waals surface area contributed by atoms with Gasteiger partial charge in [-0.05, 0) is 11.6 Å². The van der Waals surface area contributed by atoms with Crippen LogP contribution in [-0.4, -0.2) is 5.11 Å². The van der Waals surface area contributed by atoms with Crippen molar-refractivity contribution < 1.29 is 5.11 Å². The molecule has 0 aliphatic carbocycles. The number of thiol groups is 1. The summed E-state index contributed by atoms with van der Waals surface area (Å²) >= 11 is 3.94. The van der Waals surface area contributed by atoms with Gasteiger partial charge in [-0.3, -0.25) is 0 Å². The minimum absolute atomic E-state index is 0.158. The largest absolute Gasteiger partial charge is 0.513 e. The van der Waals surface area contributed by atoms with Crippen molar-refractivity contribution in [1.29, 1.82) is 0 Å². The second kappa shape index (κ2) is 4.07. The highest BCUT2D eigenvalue weighted by Gasteiger charge is 2.00. The van der Waals surface area contributed by atoms with E-state index in [-0.39, 0.29) is 5.76 Å². The van der Waals surface area contributed by atoms with E-state index < -0.39 is 0 Å². The normalized spacial score (nSPS) is 9.42. The molecule has 0 aliphatic rings. The van der Waals surface area contributed by atoms with Gasteiger partial charge in [-0.25, -0.2) is 0 Å². The smallest absolute Gasteiger partial charge is 0.0895 e. The highest BCUT2D eigenvalue weighted by Crippen LogP contribution is 2.17. The van der Waals surface area contributed by atoms with Crippen molar-refractivity contribution in [3.8, 4) is 0 Å². The molecule has 0 aromatic heterocycles. The van der Waals surface area contributed by atoms with E-state index in [0.29, 0.717) is 6.42 Å². The van der Waals surface area contributed by atoms with Gasteiger partial charge in [-0.15, -0.1) is 0 Å². The molecule has 3 heteroatoms. The van der Waals surface area contributed by atoms with Crippen molar-refractivity contribution in [1.82, 2.24) is 0 Å². The molecule has 0 saturated carbocycles. The Kier molecular flexibility index (Phi) is 3.05. The Labute approximate surface area is 77.5 Å². The highest BCUT2D eigenvalue weighted by molar-refractivity contribution is 7.81. The van der Waals surface area contributed by atoms with Gasteiger partial charge in [-0.1, -0.05) is 37.6 Å². The van der Waals surface area contributed by atoms with E-state index in [1.54, 1.807) is 0 Å². The average Bonchev–Trinajstić information content (AvgIpc) is 2.04. The molecule has 1 rings (SSSR count). The van der Waals surface area contributed by atoms with Crippen LogP contribution >= 0.6 is 12.8 Å². The van der Waals surface area contributed by atoms with Crippen molar-refractivity contribution in [2.24, 2.45) is 0 Å². The topological polar surface area (TPSA) is 32.3 Å². The Morgan fingerprint density at radius 2 is 2.17 bits per heavy atom. The zero-order valence-corrected chi connectivity index (χ0v) is 7.51. The summed E-state index contributed by atoms with van der Waals surface area (Å²) in [6.45, 7) is 3.43. The summed E-state index contributed by atoms with van der Waals surface area (Å²) in [5, 5.41) is 8.98. The molecule has 0 spiro atoms. The fourth-order valence-corrected chi connectivity index (χ4v) is 1.22. The van der Waals surface area contributed by atoms with E-state index in [0.717, 1.165) is 11.3 Å². The van der Waals surface area contributed by atoms with Crippen molar-refractivity contribution in [3.63, 3.8) is 0 Å². The van der Waals surface area contributed by atoms with Gasteiger partial charge in [0.25, 0.3) is 0 Å². The Bertz CT molecular complexity index is 286. The van der Waals surface area contributed by atoms with Gasteiger partial charge in [0.1, 0.15) is 0 Å². The van der Waals surface area contributed by atoms with Crippen molar-refractivity contribution in [2.75, 3.05) is 4.72 Å². The minimum atomic E-state index is 0.158. The third-order valence-corrected chi connectivity index (χ3v) is 1.77. The van der Waals surface area contributed by atoms with Crippen LogP contribution in [0.4, 0.5) is 5.69 Å². The molecule has 0 saturated heterocycles. The number of anilines is 1. The Balaban J connectivity index is 2.89. The number of hydrogen-bond donors (Lipinski definition) is 3. The van der Waals surface area contributed by atoms with Crippen molar-refractivity contribution in [2.45, 2.75) is 6.42 Å². The monoisotopic (exact) mass is 181 g/mol. The maximum Gasteiger partial charge on any atom is 0.0895 e. The van der Waals surface area contributed by atoms with Gasteiger partial charge < -0.3 is 9.83 Å². The predicted molar refractivity (Wildman–Crippen MR) is 54.5 cm³/mol. The molecule has 0 atom stereocenters. The summed E-state index contributed by atoms with van der Waals surface area (Å²) in [7, 11) is 0. The van der Waals surface area contributed by atoms with Gasteiger partial charge in [-0.2, -0.15) is 0 Å². The Morgan fingerprint density at radius 3 is 2.75 bits per heavy atom. The van der Waals surface area contributed by atoms with Crippen molar-refractivity contribution in [3.05, 3.63) is 42.2 Å². The van der Waals surface area contributed by atoms with Crippen LogP contribution in [0.3, 0.4) is 0 Å². The lowest BCUT2D eigenvalue weighted by Gasteiger charge is -2.06. The van der Waals surface area contributed by atoms with Crippen LogP contribution in [0.1, 0.15) is 5.56 Å². The number of aliphatic hydroxyl groups is 1. The molecule has 12 heavy (non-hydrogen) atoms. The minimum Gasteiger partial charge on any atom is -0.513 e. The van der Waals surface area contributed by atoms with Crippen LogP contribution in [0.5, 0.6) is 0 Å². The zero-order valence-electron chi connectivity index (χ0n) is 6.62. The lowest BCUT2D eigenvalue weighted by molar-refractivity contribution is 0.402. The van der Waals surface area contributed by atoms with Crippen LogP contribution in [0, 0.1) is 0 Å². The standard InChI is InChI=1S/C9H11NOS/c1-7(11)6-8-4-2-3-5-9(8)10-12/h2-5,10-12H,1,6H2. The molecular weight excluding hydrogens is 170 g/mol. The van der Waals surface area contributed by atoms with E-state index in [2.05, 4.69) is 24.1 Å². The molecule has 0 fully saturated rings. The third kappa shape index (κ3) is 2.20. The summed E-state index contributed by atoms with van der Waals surface area (Å²) in [5.74, 6) is 0.158. The van der Waals surface area contributed by atoms with Gasteiger partial charge >= 0.3 is 0 Å². The van der Waals surface area contributed by atoms with Crippen molar-refractivity contribution >= 4 is 18.5 Å². The summed E-state index contributed by atoms with van der Waals surface area (Å²) in [6, 6.07) is 7.63. The lowest BCUT2D eigenvalue weighted by atomic mass is 10.1. The molecule has 1 aromatic rings. The predicted octanol–water partition coefficient (Wildman–Crippen LogP) is 2.56. The Hall–Kier alpha value is -1.09. The first-order chi connectivity index (χ1) is 5.74. The first kappa shape index (κ1) is 9.00. The summed E-state index contributed by atoms with van der Waals surface area (Å²) in [4.78, 5) is 0. The number of allylic oxidation sites excluding steroid dienone is 1. The van der Waals surface area contributed by atoms with E-state index in [1.165, 1.54) is 0 Å². The number of rotatable bonds is 3. The van der Waals surface area contributed by atoms with E-state index >= 15 is 0 Å². The first-order valence-electron chi connectivity index (χ1n) is 3.59. The molecule has 0 aliphatic heterocycles. The highest BCUT2D eigenvalue weighted by atomic mass is 32.1. The van der Waals surface area contributed by atoms with Crippen LogP contribution < -0.4 is 4.72 Å². The summed E-state index contributed by atoms with van der Waals surface area (Å²) in [5.41, 5.74) is 1.89. The molecule has 2 N–H and O–H groups in total. The molecule has 0 heterocycles. The van der Waals surface area contributed by atoms with E-state index in [9.17, 15) is 0 Å². The quantitative estimate of drug-likeness (QED) is 0.494. The summed E-state index contributed by atoms with van der Waals surface area (Å²) < 4.78 is 2.74. The van der Waals surface area contributed by atoms with Gasteiger partial charge in [0, 0.05) is 12.1 Å². The summed E-state index contributed by atoms with van der Waals surface area (Å²) in [6.07, 6.45) is 0.462. The first-order valence-corrected chi connectivity index (χ1v) is 4.03. The average molecular weight is 181 g/mol. The van der Waals surface area contributed by atoms with Crippen LogP contribution in [-0.2, 0) is 6.42 Å². The second-order valence-corrected chi connectivity index (χ2v) is 2.74. The van der Waals surface area contributed by atoms with Gasteiger partial charge in [0.15, 0.2) is 0 Å². The van der Waals surface area contributed by atoms with Crippen LogP contribution in [0.25, 0.3) is 0 Å². The number of para-hydroxylation sites is 1. The number of hydrogen-bond acceptors (Lipinski definition) is 3. The molecule has 0 radical (unpaired) electrons. The van der Waals surface area contributed by atoms with Gasteiger partial charge in [0.05, 0.1) is 5.76 Å². The third-order valence-electron chi connectivity index (χ3n) is 1.53. The van der Waals surface area contributed by atoms with E-state index in [4.69, 9.17) is 5.11 Å². The molecule has 0 bridgehead atoms. The maximum absolute atomic E-state index is 8.98. The second-order valence-electron chi connectivity index (χ2n) is 2.51. The maximum atomic E-state index is 8.98. The molecule has 0 unspecified atom stereocenters. The molecule has 1 aromatic carbocycles. The molecule has 0 amide bonds. The van der Waals surface area contributed by atoms with Gasteiger partial charge in [0.2, 0.25) is 0 Å². The number of aliphatic hydroxyl groups excluding tert-OH is 1. The number of nitrogens with one attached hydrogen (secondary N) is 1. The molecule has 2 nitrogen and oxygen atoms in total. The number of benzene rings is 1. The molecular formula is C9H11NOS. The fraction of sp³-hybridized carbons (Fsp3) is 0.111. The van der Waals surface area contributed by atoms with E-state index in [1.807, 2.05) is 24.3 Å². The SMILES string of the molecule is C=C(O)Cc1ccccc1NS. The molecule has 64 valence electrons. The lowest BCUT2D eigenvalue weighted by Crippen LogP contribution is -1.92. The van der Waals surface area contributed by atoms with Crippen LogP contribution in [0.15, 0.2) is 36.6 Å². The Morgan fingerprint density at radius 1 is 1.50 bits per heavy atom. The fourth-order valence-electron chi connectivity index (χ4n) is 1.00. The van der Waals surface area contributed by atoms with Crippen LogP contribution in [0.2, 0.25) is 0 Å².